The van der Waals surface area contributed by atoms with Gasteiger partial charge < -0.3 is 9.40 Å². The second kappa shape index (κ2) is 8.65. The molecule has 0 aliphatic carbocycles. The molecule has 0 saturated heterocycles. The van der Waals surface area contributed by atoms with Crippen LogP contribution in [0, 0.1) is 34.6 Å². The average Bonchev–Trinajstić information content (AvgIpc) is 3.20. The molecule has 1 N–H and O–H groups in total. The Bertz CT molecular complexity index is 1480. The molecule has 0 atom stereocenters. The van der Waals surface area contributed by atoms with Crippen LogP contribution in [-0.2, 0) is 23.1 Å². The maximum Gasteiger partial charge on any atom is 0.252 e. The molecule has 0 radical (unpaired) electrons. The van der Waals surface area contributed by atoms with E-state index in [0.29, 0.717) is 22.5 Å². The van der Waals surface area contributed by atoms with E-state index in [1.165, 1.54) is 10.6 Å². The minimum atomic E-state index is -3.92. The van der Waals surface area contributed by atoms with Gasteiger partial charge in [-0.15, -0.1) is 0 Å². The van der Waals surface area contributed by atoms with Crippen LogP contribution in [0.15, 0.2) is 62.8 Å². The van der Waals surface area contributed by atoms with Crippen LogP contribution in [0.25, 0.3) is 10.9 Å². The number of H-pyrrole nitrogens is 1. The average molecular weight is 465 g/mol. The van der Waals surface area contributed by atoms with E-state index >= 15 is 0 Å². The number of fused-ring (bicyclic) bond motifs is 1. The molecule has 0 saturated carbocycles. The van der Waals surface area contributed by atoms with Crippen LogP contribution in [-0.4, -0.2) is 17.7 Å². The highest BCUT2D eigenvalue weighted by Gasteiger charge is 2.30. The Morgan fingerprint density at radius 2 is 1.52 bits per heavy atom. The summed E-state index contributed by atoms with van der Waals surface area (Å²) in [7, 11) is -3.92. The van der Waals surface area contributed by atoms with Crippen molar-refractivity contribution >= 4 is 20.9 Å². The highest BCUT2D eigenvalue weighted by Crippen LogP contribution is 2.28. The Morgan fingerprint density at radius 3 is 2.15 bits per heavy atom. The minimum absolute atomic E-state index is 0.0203. The van der Waals surface area contributed by atoms with Gasteiger partial charge in [-0.05, 0) is 81.1 Å². The van der Waals surface area contributed by atoms with Crippen molar-refractivity contribution in [2.75, 3.05) is 0 Å². The number of aryl methyl sites for hydroxylation is 5. The monoisotopic (exact) mass is 464 g/mol. The first kappa shape index (κ1) is 23.0. The summed E-state index contributed by atoms with van der Waals surface area (Å²) in [6.45, 7) is 9.44. The van der Waals surface area contributed by atoms with Gasteiger partial charge >= 0.3 is 0 Å². The number of hydrogen-bond donors (Lipinski definition) is 1. The van der Waals surface area contributed by atoms with Gasteiger partial charge in [0.25, 0.3) is 5.56 Å². The molecular weight excluding hydrogens is 436 g/mol. The van der Waals surface area contributed by atoms with Crippen LogP contribution in [0.5, 0.6) is 0 Å². The number of pyridine rings is 1. The van der Waals surface area contributed by atoms with E-state index < -0.39 is 10.0 Å². The number of aromatic nitrogens is 1. The van der Waals surface area contributed by atoms with Crippen LogP contribution in [0.3, 0.4) is 0 Å². The van der Waals surface area contributed by atoms with Gasteiger partial charge in [0.2, 0.25) is 10.0 Å². The molecule has 6 nitrogen and oxygen atoms in total. The van der Waals surface area contributed by atoms with Gasteiger partial charge in [0.15, 0.2) is 0 Å². The summed E-state index contributed by atoms with van der Waals surface area (Å²) in [4.78, 5) is 16.1. The van der Waals surface area contributed by atoms with Crippen molar-refractivity contribution in [2.45, 2.75) is 52.6 Å². The first-order valence-corrected chi connectivity index (χ1v) is 12.2. The van der Waals surface area contributed by atoms with E-state index in [9.17, 15) is 13.2 Å². The number of hydrogen-bond acceptors (Lipinski definition) is 4. The molecule has 7 heteroatoms. The van der Waals surface area contributed by atoms with Gasteiger partial charge in [-0.1, -0.05) is 23.8 Å². The lowest BCUT2D eigenvalue weighted by atomic mass is 10.0. The van der Waals surface area contributed by atoms with Crippen molar-refractivity contribution < 1.29 is 12.8 Å². The topological polar surface area (TPSA) is 83.4 Å². The maximum atomic E-state index is 13.9. The maximum absolute atomic E-state index is 13.9. The van der Waals surface area contributed by atoms with Crippen molar-refractivity contribution in [3.8, 4) is 0 Å². The third kappa shape index (κ3) is 4.51. The second-order valence-electron chi connectivity index (χ2n) is 8.75. The summed E-state index contributed by atoms with van der Waals surface area (Å²) in [6.07, 6.45) is 1.51. The van der Waals surface area contributed by atoms with E-state index in [2.05, 4.69) is 4.98 Å². The summed E-state index contributed by atoms with van der Waals surface area (Å²) in [5.41, 5.74) is 5.25. The molecule has 0 spiro atoms. The predicted octanol–water partition coefficient (Wildman–Crippen LogP) is 5.05. The zero-order chi connectivity index (χ0) is 23.9. The number of nitrogens with zero attached hydrogens (tertiary/aromatic N) is 1. The Kier molecular flexibility index (Phi) is 6.03. The summed E-state index contributed by atoms with van der Waals surface area (Å²) in [5, 5.41) is 0.897. The fraction of sp³-hybridized carbons (Fsp3) is 0.269. The van der Waals surface area contributed by atoms with E-state index in [1.54, 1.807) is 32.0 Å². The first-order chi connectivity index (χ1) is 15.6. The van der Waals surface area contributed by atoms with Gasteiger partial charge in [0.1, 0.15) is 5.76 Å². The van der Waals surface area contributed by atoms with E-state index in [0.717, 1.165) is 27.6 Å². The highest BCUT2D eigenvalue weighted by atomic mass is 32.2. The fourth-order valence-electron chi connectivity index (χ4n) is 4.53. The summed E-state index contributed by atoms with van der Waals surface area (Å²) < 4.78 is 34.5. The van der Waals surface area contributed by atoms with Gasteiger partial charge in [0.05, 0.1) is 17.7 Å². The van der Waals surface area contributed by atoms with Gasteiger partial charge in [-0.25, -0.2) is 8.42 Å². The molecule has 172 valence electrons. The van der Waals surface area contributed by atoms with Crippen molar-refractivity contribution in [1.82, 2.24) is 9.29 Å². The molecule has 2 heterocycles. The third-order valence-corrected chi connectivity index (χ3v) is 7.95. The highest BCUT2D eigenvalue weighted by molar-refractivity contribution is 7.89. The number of rotatable bonds is 6. The minimum Gasteiger partial charge on any atom is -0.468 e. The molecule has 0 aliphatic heterocycles. The zero-order valence-electron chi connectivity index (χ0n) is 19.5. The van der Waals surface area contributed by atoms with Crippen LogP contribution in [0.4, 0.5) is 0 Å². The third-order valence-electron chi connectivity index (χ3n) is 5.85. The van der Waals surface area contributed by atoms with E-state index in [4.69, 9.17) is 4.42 Å². The lowest BCUT2D eigenvalue weighted by Gasteiger charge is -2.24. The van der Waals surface area contributed by atoms with Crippen LogP contribution >= 0.6 is 0 Å². The zero-order valence-corrected chi connectivity index (χ0v) is 20.3. The van der Waals surface area contributed by atoms with Crippen LogP contribution in [0.2, 0.25) is 0 Å². The molecule has 0 bridgehead atoms. The van der Waals surface area contributed by atoms with Gasteiger partial charge in [-0.2, -0.15) is 4.31 Å². The van der Waals surface area contributed by atoms with Crippen molar-refractivity contribution in [3.63, 3.8) is 0 Å². The standard InChI is InChI=1S/C26H28N2O4S/c1-16-10-19(4)25(20(5)11-16)33(30,31)28(15-22-7-6-8-32-22)14-21-13-23-18(3)9-17(2)12-24(23)27-26(21)29/h6-13H,14-15H2,1-5H3,(H,27,29). The first-order valence-electron chi connectivity index (χ1n) is 10.8. The van der Waals surface area contributed by atoms with Crippen LogP contribution in [0.1, 0.15) is 39.1 Å². The SMILES string of the molecule is Cc1cc(C)c(S(=O)(=O)N(Cc2ccco2)Cc2cc3c(C)cc(C)cc3[nH]c2=O)c(C)c1. The smallest absolute Gasteiger partial charge is 0.252 e. The Balaban J connectivity index is 1.84. The number of benzene rings is 2. The normalized spacial score (nSPS) is 12.1. The molecule has 4 rings (SSSR count). The van der Waals surface area contributed by atoms with E-state index in [1.807, 2.05) is 45.0 Å². The second-order valence-corrected chi connectivity index (χ2v) is 10.6. The summed E-state index contributed by atoms with van der Waals surface area (Å²) >= 11 is 0. The molecule has 0 aliphatic rings. The number of nitrogens with one attached hydrogen (secondary N) is 1. The van der Waals surface area contributed by atoms with Crippen molar-refractivity contribution in [1.29, 1.82) is 0 Å². The Hall–Kier alpha value is -3.16. The lowest BCUT2D eigenvalue weighted by Crippen LogP contribution is -2.33. The number of aromatic amines is 1. The molecule has 2 aromatic carbocycles. The Morgan fingerprint density at radius 1 is 0.879 bits per heavy atom. The molecule has 4 aromatic rings. The Labute approximate surface area is 193 Å². The molecule has 33 heavy (non-hydrogen) atoms. The largest absolute Gasteiger partial charge is 0.468 e. The molecule has 0 amide bonds. The molecule has 2 aromatic heterocycles. The van der Waals surface area contributed by atoms with Crippen molar-refractivity contribution in [2.24, 2.45) is 0 Å². The molecular formula is C26H28N2O4S. The van der Waals surface area contributed by atoms with Gasteiger partial charge in [-0.3, -0.25) is 4.79 Å². The molecule has 0 unspecified atom stereocenters. The fourth-order valence-corrected chi connectivity index (χ4v) is 6.32. The lowest BCUT2D eigenvalue weighted by molar-refractivity contribution is 0.357. The van der Waals surface area contributed by atoms with E-state index in [-0.39, 0.29) is 23.5 Å². The van der Waals surface area contributed by atoms with Crippen LogP contribution < -0.4 is 5.56 Å². The quantitative estimate of drug-likeness (QED) is 0.433. The molecule has 0 fully saturated rings. The summed E-state index contributed by atoms with van der Waals surface area (Å²) in [6, 6.07) is 12.9. The van der Waals surface area contributed by atoms with Gasteiger partial charge in [0, 0.05) is 23.0 Å². The van der Waals surface area contributed by atoms with Crippen molar-refractivity contribution in [3.05, 3.63) is 98.2 Å². The number of furan rings is 1. The summed E-state index contributed by atoms with van der Waals surface area (Å²) in [5.74, 6) is 0.505. The number of sulfonamides is 1. The predicted molar refractivity (Wildman–Crippen MR) is 130 cm³/mol.